The van der Waals surface area contributed by atoms with Gasteiger partial charge in [-0.3, -0.25) is 5.10 Å². The maximum Gasteiger partial charge on any atom is 0.122 e. The fraction of sp³-hybridized carbons (Fsp3) is 0.357. The highest BCUT2D eigenvalue weighted by Crippen LogP contribution is 2.19. The molecule has 1 aromatic heterocycles. The van der Waals surface area contributed by atoms with Crippen LogP contribution >= 0.6 is 0 Å². The second kappa shape index (κ2) is 5.53. The van der Waals surface area contributed by atoms with E-state index in [-0.39, 0.29) is 0 Å². The summed E-state index contributed by atoms with van der Waals surface area (Å²) in [6.07, 6.45) is 1.90. The van der Waals surface area contributed by atoms with Gasteiger partial charge in [0.05, 0.1) is 12.3 Å². The minimum atomic E-state index is 0.707. The molecular weight excluding hydrogens is 212 g/mol. The van der Waals surface area contributed by atoms with Gasteiger partial charge in [0.2, 0.25) is 0 Å². The van der Waals surface area contributed by atoms with Gasteiger partial charge in [-0.1, -0.05) is 18.2 Å². The fourth-order valence-electron chi connectivity index (χ4n) is 1.87. The van der Waals surface area contributed by atoms with Crippen LogP contribution in [0.4, 0.5) is 0 Å². The Kier molecular flexibility index (Phi) is 3.81. The minimum Gasteiger partial charge on any atom is -0.494 e. The number of aromatic nitrogens is 2. The van der Waals surface area contributed by atoms with Crippen LogP contribution in [0.1, 0.15) is 23.9 Å². The molecule has 17 heavy (non-hydrogen) atoms. The van der Waals surface area contributed by atoms with Crippen molar-refractivity contribution in [3.63, 3.8) is 0 Å². The molecule has 2 aromatic rings. The van der Waals surface area contributed by atoms with Gasteiger partial charge in [0.1, 0.15) is 5.75 Å². The first-order valence-electron chi connectivity index (χ1n) is 6.01. The zero-order valence-electron chi connectivity index (χ0n) is 10.4. The number of para-hydroxylation sites is 1. The smallest absolute Gasteiger partial charge is 0.122 e. The Hall–Kier alpha value is -1.77. The first kappa shape index (κ1) is 11.7. The third kappa shape index (κ3) is 3.09. The van der Waals surface area contributed by atoms with E-state index in [2.05, 4.69) is 22.3 Å². The quantitative estimate of drug-likeness (QED) is 0.857. The van der Waals surface area contributed by atoms with Crippen molar-refractivity contribution in [2.75, 3.05) is 6.61 Å². The van der Waals surface area contributed by atoms with Crippen LogP contribution in [0.5, 0.6) is 5.75 Å². The lowest BCUT2D eigenvalue weighted by molar-refractivity contribution is 0.336. The van der Waals surface area contributed by atoms with E-state index in [4.69, 9.17) is 4.74 Å². The summed E-state index contributed by atoms with van der Waals surface area (Å²) in [6.45, 7) is 4.73. The molecule has 0 bridgehead atoms. The van der Waals surface area contributed by atoms with Crippen LogP contribution in [0.15, 0.2) is 30.3 Å². The maximum absolute atomic E-state index is 5.60. The van der Waals surface area contributed by atoms with Crippen molar-refractivity contribution in [2.24, 2.45) is 0 Å². The van der Waals surface area contributed by atoms with Crippen LogP contribution in [-0.2, 0) is 12.8 Å². The van der Waals surface area contributed by atoms with Crippen molar-refractivity contribution < 1.29 is 4.74 Å². The number of aromatic amines is 1. The Morgan fingerprint density at radius 1 is 1.24 bits per heavy atom. The summed E-state index contributed by atoms with van der Waals surface area (Å²) in [6, 6.07) is 10.3. The van der Waals surface area contributed by atoms with E-state index in [0.717, 1.165) is 30.0 Å². The fourth-order valence-corrected chi connectivity index (χ4v) is 1.87. The number of rotatable bonds is 5. The monoisotopic (exact) mass is 230 g/mol. The number of nitrogens with zero attached hydrogens (tertiary/aromatic N) is 1. The summed E-state index contributed by atoms with van der Waals surface area (Å²) < 4.78 is 5.60. The predicted molar refractivity (Wildman–Crippen MR) is 68.3 cm³/mol. The molecule has 0 radical (unpaired) electrons. The van der Waals surface area contributed by atoms with Gasteiger partial charge in [0, 0.05) is 5.69 Å². The molecule has 0 fully saturated rings. The molecule has 0 saturated carbocycles. The molecule has 90 valence electrons. The first-order valence-corrected chi connectivity index (χ1v) is 6.01. The molecule has 1 aromatic carbocycles. The molecule has 2 rings (SSSR count). The number of aryl methyl sites for hydroxylation is 3. The highest BCUT2D eigenvalue weighted by molar-refractivity contribution is 5.33. The van der Waals surface area contributed by atoms with Crippen LogP contribution < -0.4 is 4.74 Å². The lowest BCUT2D eigenvalue weighted by Gasteiger charge is -2.08. The van der Waals surface area contributed by atoms with Gasteiger partial charge in [-0.2, -0.15) is 5.10 Å². The number of nitrogens with one attached hydrogen (secondary N) is 1. The van der Waals surface area contributed by atoms with Gasteiger partial charge in [-0.05, 0) is 44.4 Å². The van der Waals surface area contributed by atoms with E-state index in [1.54, 1.807) is 0 Å². The Morgan fingerprint density at radius 3 is 2.76 bits per heavy atom. The molecule has 1 heterocycles. The highest BCUT2D eigenvalue weighted by Gasteiger charge is 2.04. The standard InChI is InChI=1S/C14H18N2O/c1-3-17-14-7-5-4-6-12(14)8-9-13-10-11(2)15-16-13/h4-7,10H,3,8-9H2,1-2H3,(H,15,16). The molecule has 0 aliphatic carbocycles. The van der Waals surface area contributed by atoms with E-state index in [0.29, 0.717) is 6.61 Å². The molecule has 0 unspecified atom stereocenters. The van der Waals surface area contributed by atoms with Crippen molar-refractivity contribution in [3.8, 4) is 5.75 Å². The van der Waals surface area contributed by atoms with Gasteiger partial charge in [0.25, 0.3) is 0 Å². The summed E-state index contributed by atoms with van der Waals surface area (Å²) in [5, 5.41) is 7.20. The second-order valence-corrected chi connectivity index (χ2v) is 4.08. The average Bonchev–Trinajstić information content (AvgIpc) is 2.74. The topological polar surface area (TPSA) is 37.9 Å². The molecule has 0 saturated heterocycles. The molecule has 1 N–H and O–H groups in total. The Bertz CT molecular complexity index is 477. The molecule has 0 spiro atoms. The molecule has 0 amide bonds. The number of hydrogen-bond acceptors (Lipinski definition) is 2. The van der Waals surface area contributed by atoms with Gasteiger partial charge in [-0.25, -0.2) is 0 Å². The zero-order chi connectivity index (χ0) is 12.1. The Labute approximate surface area is 102 Å². The van der Waals surface area contributed by atoms with Gasteiger partial charge in [-0.15, -0.1) is 0 Å². The van der Waals surface area contributed by atoms with Gasteiger partial charge >= 0.3 is 0 Å². The van der Waals surface area contributed by atoms with E-state index in [9.17, 15) is 0 Å². The van der Waals surface area contributed by atoms with Gasteiger partial charge in [0.15, 0.2) is 0 Å². The largest absolute Gasteiger partial charge is 0.494 e. The summed E-state index contributed by atoms with van der Waals surface area (Å²) >= 11 is 0. The van der Waals surface area contributed by atoms with Crippen LogP contribution in [-0.4, -0.2) is 16.8 Å². The van der Waals surface area contributed by atoms with Crippen molar-refractivity contribution >= 4 is 0 Å². The Balaban J connectivity index is 2.03. The summed E-state index contributed by atoms with van der Waals surface area (Å²) in [4.78, 5) is 0. The summed E-state index contributed by atoms with van der Waals surface area (Å²) in [5.41, 5.74) is 3.46. The third-order valence-corrected chi connectivity index (χ3v) is 2.68. The van der Waals surface area contributed by atoms with Crippen molar-refractivity contribution in [1.82, 2.24) is 10.2 Å². The lowest BCUT2D eigenvalue weighted by atomic mass is 10.1. The Morgan fingerprint density at radius 2 is 2.06 bits per heavy atom. The number of benzene rings is 1. The lowest BCUT2D eigenvalue weighted by Crippen LogP contribution is -1.98. The number of hydrogen-bond donors (Lipinski definition) is 1. The molecule has 0 aliphatic rings. The van der Waals surface area contributed by atoms with Crippen molar-refractivity contribution in [2.45, 2.75) is 26.7 Å². The number of ether oxygens (including phenoxy) is 1. The van der Waals surface area contributed by atoms with E-state index in [1.165, 1.54) is 5.56 Å². The summed E-state index contributed by atoms with van der Waals surface area (Å²) in [7, 11) is 0. The molecule has 0 atom stereocenters. The molecular formula is C14H18N2O. The van der Waals surface area contributed by atoms with Crippen molar-refractivity contribution in [1.29, 1.82) is 0 Å². The second-order valence-electron chi connectivity index (χ2n) is 4.08. The molecule has 0 aliphatic heterocycles. The predicted octanol–water partition coefficient (Wildman–Crippen LogP) is 2.90. The van der Waals surface area contributed by atoms with Crippen molar-refractivity contribution in [3.05, 3.63) is 47.3 Å². The van der Waals surface area contributed by atoms with Gasteiger partial charge < -0.3 is 4.74 Å². The maximum atomic E-state index is 5.60. The van der Waals surface area contributed by atoms with Crippen LogP contribution in [0.25, 0.3) is 0 Å². The SMILES string of the molecule is CCOc1ccccc1CCc1cc(C)[nH]n1. The van der Waals surface area contributed by atoms with Crippen LogP contribution in [0.3, 0.4) is 0 Å². The van der Waals surface area contributed by atoms with E-state index in [1.807, 2.05) is 32.0 Å². The average molecular weight is 230 g/mol. The first-order chi connectivity index (χ1) is 8.29. The van der Waals surface area contributed by atoms with E-state index >= 15 is 0 Å². The number of H-pyrrole nitrogens is 1. The molecule has 3 heteroatoms. The third-order valence-electron chi connectivity index (χ3n) is 2.68. The van der Waals surface area contributed by atoms with Crippen LogP contribution in [0.2, 0.25) is 0 Å². The highest BCUT2D eigenvalue weighted by atomic mass is 16.5. The van der Waals surface area contributed by atoms with E-state index < -0.39 is 0 Å². The summed E-state index contributed by atoms with van der Waals surface area (Å²) in [5.74, 6) is 0.988. The minimum absolute atomic E-state index is 0.707. The van der Waals surface area contributed by atoms with Crippen LogP contribution in [0, 0.1) is 6.92 Å². The normalized spacial score (nSPS) is 10.5. The molecule has 3 nitrogen and oxygen atoms in total. The zero-order valence-corrected chi connectivity index (χ0v) is 10.4.